The first-order chi connectivity index (χ1) is 9.76. The van der Waals surface area contributed by atoms with Crippen LogP contribution in [0, 0.1) is 5.92 Å². The lowest BCUT2D eigenvalue weighted by Gasteiger charge is -2.17. The molecule has 6 heteroatoms. The molecule has 0 amide bonds. The van der Waals surface area contributed by atoms with Gasteiger partial charge in [-0.2, -0.15) is 4.98 Å². The Morgan fingerprint density at radius 2 is 2.25 bits per heavy atom. The first-order valence-corrected chi connectivity index (χ1v) is 7.48. The second kappa shape index (κ2) is 10.8. The number of nitrogens with zero attached hydrogens (tertiary/aromatic N) is 2. The van der Waals surface area contributed by atoms with Gasteiger partial charge in [0.25, 0.3) is 0 Å². The Morgan fingerprint density at radius 1 is 1.40 bits per heavy atom. The molecule has 116 valence electrons. The quantitative estimate of drug-likeness (QED) is 0.609. The molecule has 0 aliphatic rings. The van der Waals surface area contributed by atoms with Gasteiger partial charge in [0.1, 0.15) is 0 Å². The van der Waals surface area contributed by atoms with Crippen molar-refractivity contribution in [3.05, 3.63) is 12.2 Å². The maximum Gasteiger partial charge on any atom is 0.213 e. The third-order valence-electron chi connectivity index (χ3n) is 3.28. The van der Waals surface area contributed by atoms with E-state index in [4.69, 9.17) is 4.74 Å². The maximum atomic E-state index is 9.79. The minimum atomic E-state index is -0.509. The number of nitrogens with one attached hydrogen (secondary N) is 1. The van der Waals surface area contributed by atoms with Crippen LogP contribution in [0.2, 0.25) is 0 Å². The highest BCUT2D eigenvalue weighted by Gasteiger charge is 2.09. The second-order valence-corrected chi connectivity index (χ2v) is 5.09. The van der Waals surface area contributed by atoms with Crippen molar-refractivity contribution < 1.29 is 14.4 Å². The SMILES string of the molecule is CCCCC(CC)COCC(O)CNCc1ncon1. The van der Waals surface area contributed by atoms with Gasteiger partial charge < -0.3 is 19.7 Å². The number of unbranched alkanes of at least 4 members (excludes halogenated alkanes) is 1. The Hall–Kier alpha value is -0.980. The van der Waals surface area contributed by atoms with Crippen LogP contribution < -0.4 is 5.32 Å². The van der Waals surface area contributed by atoms with Crippen molar-refractivity contribution in [1.29, 1.82) is 0 Å². The molecule has 0 spiro atoms. The van der Waals surface area contributed by atoms with Crippen LogP contribution in [0.5, 0.6) is 0 Å². The molecular weight excluding hydrogens is 258 g/mol. The highest BCUT2D eigenvalue weighted by molar-refractivity contribution is 4.76. The molecule has 0 aliphatic carbocycles. The largest absolute Gasteiger partial charge is 0.389 e. The van der Waals surface area contributed by atoms with Crippen LogP contribution >= 0.6 is 0 Å². The van der Waals surface area contributed by atoms with Crippen molar-refractivity contribution in [2.45, 2.75) is 52.2 Å². The average molecular weight is 285 g/mol. The molecule has 0 aromatic carbocycles. The Labute approximate surface area is 120 Å². The van der Waals surface area contributed by atoms with Gasteiger partial charge in [-0.1, -0.05) is 38.3 Å². The predicted octanol–water partition coefficient (Wildman–Crippen LogP) is 1.75. The molecule has 1 heterocycles. The number of aliphatic hydroxyl groups excluding tert-OH is 1. The lowest BCUT2D eigenvalue weighted by molar-refractivity contribution is 0.0192. The average Bonchev–Trinajstić information content (AvgIpc) is 2.96. The summed E-state index contributed by atoms with van der Waals surface area (Å²) in [6.07, 6.45) is 5.59. The summed E-state index contributed by atoms with van der Waals surface area (Å²) in [7, 11) is 0. The number of aliphatic hydroxyl groups is 1. The van der Waals surface area contributed by atoms with E-state index >= 15 is 0 Å². The van der Waals surface area contributed by atoms with E-state index in [1.165, 1.54) is 25.7 Å². The van der Waals surface area contributed by atoms with Gasteiger partial charge in [-0.05, 0) is 12.3 Å². The highest BCUT2D eigenvalue weighted by Crippen LogP contribution is 2.12. The molecule has 0 bridgehead atoms. The first kappa shape index (κ1) is 17.1. The van der Waals surface area contributed by atoms with Crippen LogP contribution in [0.3, 0.4) is 0 Å². The molecule has 1 rings (SSSR count). The molecule has 0 radical (unpaired) electrons. The van der Waals surface area contributed by atoms with E-state index in [0.29, 0.717) is 31.4 Å². The zero-order valence-electron chi connectivity index (χ0n) is 12.5. The normalized spacial score (nSPS) is 14.3. The fraction of sp³-hybridized carbons (Fsp3) is 0.857. The summed E-state index contributed by atoms with van der Waals surface area (Å²) in [5.74, 6) is 1.19. The molecule has 2 N–H and O–H groups in total. The monoisotopic (exact) mass is 285 g/mol. The minimum Gasteiger partial charge on any atom is -0.389 e. The number of ether oxygens (including phenoxy) is 1. The van der Waals surface area contributed by atoms with Gasteiger partial charge in [0.15, 0.2) is 5.82 Å². The molecular formula is C14H27N3O3. The van der Waals surface area contributed by atoms with Gasteiger partial charge >= 0.3 is 0 Å². The van der Waals surface area contributed by atoms with E-state index in [9.17, 15) is 5.11 Å². The zero-order valence-corrected chi connectivity index (χ0v) is 12.5. The Morgan fingerprint density at radius 3 is 2.90 bits per heavy atom. The van der Waals surface area contributed by atoms with Gasteiger partial charge in [0, 0.05) is 13.2 Å². The maximum absolute atomic E-state index is 9.79. The number of hydrogen-bond donors (Lipinski definition) is 2. The van der Waals surface area contributed by atoms with Crippen molar-refractivity contribution in [2.75, 3.05) is 19.8 Å². The zero-order chi connectivity index (χ0) is 14.6. The van der Waals surface area contributed by atoms with E-state index in [0.717, 1.165) is 13.0 Å². The molecule has 1 aromatic rings. The highest BCUT2D eigenvalue weighted by atomic mass is 16.5. The van der Waals surface area contributed by atoms with Gasteiger partial charge in [0.05, 0.1) is 19.3 Å². The van der Waals surface area contributed by atoms with E-state index in [1.54, 1.807) is 0 Å². The van der Waals surface area contributed by atoms with Crippen LogP contribution in [0.4, 0.5) is 0 Å². The molecule has 1 aromatic heterocycles. The van der Waals surface area contributed by atoms with Gasteiger partial charge in [-0.25, -0.2) is 0 Å². The molecule has 0 saturated carbocycles. The molecule has 2 unspecified atom stereocenters. The molecule has 6 nitrogen and oxygen atoms in total. The van der Waals surface area contributed by atoms with E-state index in [-0.39, 0.29) is 0 Å². The Balaban J connectivity index is 2.02. The van der Waals surface area contributed by atoms with Gasteiger partial charge in [-0.3, -0.25) is 0 Å². The second-order valence-electron chi connectivity index (χ2n) is 5.09. The summed E-state index contributed by atoms with van der Waals surface area (Å²) >= 11 is 0. The molecule has 20 heavy (non-hydrogen) atoms. The number of rotatable bonds is 12. The predicted molar refractivity (Wildman–Crippen MR) is 76.1 cm³/mol. The Bertz CT molecular complexity index is 319. The summed E-state index contributed by atoms with van der Waals surface area (Å²) in [5, 5.41) is 16.5. The summed E-state index contributed by atoms with van der Waals surface area (Å²) in [6, 6.07) is 0. The number of aromatic nitrogens is 2. The van der Waals surface area contributed by atoms with Crippen molar-refractivity contribution >= 4 is 0 Å². The lowest BCUT2D eigenvalue weighted by Crippen LogP contribution is -2.31. The minimum absolute atomic E-state index is 0.363. The van der Waals surface area contributed by atoms with Crippen molar-refractivity contribution in [3.63, 3.8) is 0 Å². The summed E-state index contributed by atoms with van der Waals surface area (Å²) in [5.41, 5.74) is 0. The van der Waals surface area contributed by atoms with E-state index in [2.05, 4.69) is 33.8 Å². The van der Waals surface area contributed by atoms with Crippen LogP contribution in [0.1, 0.15) is 45.4 Å². The van der Waals surface area contributed by atoms with Crippen molar-refractivity contribution in [1.82, 2.24) is 15.5 Å². The Kier molecular flexibility index (Phi) is 9.19. The van der Waals surface area contributed by atoms with Crippen molar-refractivity contribution in [2.24, 2.45) is 5.92 Å². The number of hydrogen-bond acceptors (Lipinski definition) is 6. The van der Waals surface area contributed by atoms with Gasteiger partial charge in [0.2, 0.25) is 6.39 Å². The van der Waals surface area contributed by atoms with Crippen LogP contribution in [-0.2, 0) is 11.3 Å². The molecule has 0 saturated heterocycles. The standard InChI is InChI=1S/C14H27N3O3/c1-3-5-6-12(4-2)9-19-10-13(18)7-15-8-14-16-11-20-17-14/h11-13,15,18H,3-10H2,1-2H3. The summed E-state index contributed by atoms with van der Waals surface area (Å²) < 4.78 is 10.2. The van der Waals surface area contributed by atoms with E-state index in [1.807, 2.05) is 0 Å². The first-order valence-electron chi connectivity index (χ1n) is 7.48. The third-order valence-corrected chi connectivity index (χ3v) is 3.28. The van der Waals surface area contributed by atoms with E-state index < -0.39 is 6.10 Å². The van der Waals surface area contributed by atoms with Crippen LogP contribution in [0.25, 0.3) is 0 Å². The van der Waals surface area contributed by atoms with Crippen LogP contribution in [0.15, 0.2) is 10.9 Å². The van der Waals surface area contributed by atoms with Crippen LogP contribution in [-0.4, -0.2) is 41.1 Å². The van der Waals surface area contributed by atoms with Crippen molar-refractivity contribution in [3.8, 4) is 0 Å². The lowest BCUT2D eigenvalue weighted by atomic mass is 10.0. The topological polar surface area (TPSA) is 80.4 Å². The summed E-state index contributed by atoms with van der Waals surface area (Å²) in [6.45, 7) is 6.43. The molecule has 0 aliphatic heterocycles. The molecule has 0 fully saturated rings. The third kappa shape index (κ3) is 7.57. The molecule has 2 atom stereocenters. The smallest absolute Gasteiger partial charge is 0.213 e. The summed E-state index contributed by atoms with van der Waals surface area (Å²) in [4.78, 5) is 3.88. The fourth-order valence-corrected chi connectivity index (χ4v) is 1.95. The van der Waals surface area contributed by atoms with Gasteiger partial charge in [-0.15, -0.1) is 0 Å². The fourth-order valence-electron chi connectivity index (χ4n) is 1.95.